The molecule has 1 saturated heterocycles. The van der Waals surface area contributed by atoms with Crippen LogP contribution in [0.5, 0.6) is 0 Å². The molecule has 0 bridgehead atoms. The van der Waals surface area contributed by atoms with Crippen LogP contribution < -0.4 is 0 Å². The van der Waals surface area contributed by atoms with Crippen molar-refractivity contribution in [1.29, 1.82) is 0 Å². The van der Waals surface area contributed by atoms with E-state index in [9.17, 15) is 0 Å². The fraction of sp³-hybridized carbons (Fsp3) is 1.00. The molecule has 0 aromatic heterocycles. The minimum atomic E-state index is -0.704. The molecule has 1 fully saturated rings. The molecular weight excluding hydrogens is 218 g/mol. The molecule has 0 saturated carbocycles. The molecule has 1 aliphatic rings. The third kappa shape index (κ3) is 3.39. The summed E-state index contributed by atoms with van der Waals surface area (Å²) < 4.78 is 11.8. The summed E-state index contributed by atoms with van der Waals surface area (Å²) in [5, 5.41) is 0. The first-order chi connectivity index (χ1) is 8.06. The topological polar surface area (TPSA) is 28.2 Å². The Labute approximate surface area is 105 Å². The summed E-state index contributed by atoms with van der Waals surface area (Å²) in [4.78, 5) is 6.63. The van der Waals surface area contributed by atoms with Crippen molar-refractivity contribution >= 4 is 0 Å². The predicted octanol–water partition coefficient (Wildman–Crippen LogP) is 0.480. The lowest BCUT2D eigenvalue weighted by Crippen LogP contribution is -2.65. The summed E-state index contributed by atoms with van der Waals surface area (Å²) >= 11 is 0. The fourth-order valence-electron chi connectivity index (χ4n) is 2.19. The molecule has 0 aromatic rings. The smallest absolute Gasteiger partial charge is 0.296 e. The van der Waals surface area contributed by atoms with E-state index in [1.54, 1.807) is 0 Å². The third-order valence-corrected chi connectivity index (χ3v) is 3.26. The summed E-state index contributed by atoms with van der Waals surface area (Å²) in [5.41, 5.74) is 0. The molecule has 0 radical (unpaired) electrons. The SMILES string of the molecule is CCOC1(OCC)N(C)CCN(C)CCN1C. The molecule has 0 aliphatic carbocycles. The van der Waals surface area contributed by atoms with E-state index in [1.807, 2.05) is 13.8 Å². The lowest BCUT2D eigenvalue weighted by atomic mass is 10.3. The minimum absolute atomic E-state index is 0.643. The number of ether oxygens (including phenoxy) is 2. The maximum atomic E-state index is 5.92. The van der Waals surface area contributed by atoms with Crippen LogP contribution in [0.2, 0.25) is 0 Å². The second-order valence-corrected chi connectivity index (χ2v) is 4.56. The Balaban J connectivity index is 2.86. The van der Waals surface area contributed by atoms with E-state index in [0.29, 0.717) is 13.2 Å². The average Bonchev–Trinajstić information content (AvgIpc) is 2.31. The van der Waals surface area contributed by atoms with Gasteiger partial charge in [-0.1, -0.05) is 0 Å². The molecule has 5 nitrogen and oxygen atoms in total. The van der Waals surface area contributed by atoms with Gasteiger partial charge in [0.1, 0.15) is 0 Å². The highest BCUT2D eigenvalue weighted by Crippen LogP contribution is 2.23. The van der Waals surface area contributed by atoms with Crippen molar-refractivity contribution in [3.8, 4) is 0 Å². The van der Waals surface area contributed by atoms with Gasteiger partial charge in [0.15, 0.2) is 0 Å². The molecule has 0 aromatic carbocycles. The van der Waals surface area contributed by atoms with Crippen molar-refractivity contribution in [2.45, 2.75) is 19.9 Å². The zero-order valence-corrected chi connectivity index (χ0v) is 11.9. The molecule has 102 valence electrons. The van der Waals surface area contributed by atoms with E-state index in [2.05, 4.69) is 35.8 Å². The zero-order chi connectivity index (χ0) is 12.9. The molecule has 0 spiro atoms. The second-order valence-electron chi connectivity index (χ2n) is 4.56. The quantitative estimate of drug-likeness (QED) is 0.672. The molecule has 17 heavy (non-hydrogen) atoms. The predicted molar refractivity (Wildman–Crippen MR) is 68.7 cm³/mol. The second kappa shape index (κ2) is 6.66. The van der Waals surface area contributed by atoms with Crippen molar-refractivity contribution in [3.05, 3.63) is 0 Å². The van der Waals surface area contributed by atoms with Crippen LogP contribution in [0.4, 0.5) is 0 Å². The van der Waals surface area contributed by atoms with E-state index >= 15 is 0 Å². The maximum Gasteiger partial charge on any atom is 0.296 e. The molecular formula is C12H27N3O2. The maximum absolute atomic E-state index is 5.92. The molecule has 1 aliphatic heterocycles. The molecule has 1 heterocycles. The van der Waals surface area contributed by atoms with Crippen LogP contribution in [0.1, 0.15) is 13.8 Å². The van der Waals surface area contributed by atoms with Gasteiger partial charge >= 0.3 is 0 Å². The molecule has 5 heteroatoms. The van der Waals surface area contributed by atoms with Gasteiger partial charge < -0.3 is 14.4 Å². The molecule has 0 N–H and O–H groups in total. The van der Waals surface area contributed by atoms with Crippen LogP contribution in [-0.2, 0) is 9.47 Å². The van der Waals surface area contributed by atoms with E-state index in [0.717, 1.165) is 26.2 Å². The number of hydrogen-bond donors (Lipinski definition) is 0. The molecule has 1 rings (SSSR count). The van der Waals surface area contributed by atoms with Crippen LogP contribution in [0.3, 0.4) is 0 Å². The summed E-state index contributed by atoms with van der Waals surface area (Å²) in [6.45, 7) is 9.23. The van der Waals surface area contributed by atoms with Gasteiger partial charge in [0.05, 0.1) is 0 Å². The van der Waals surface area contributed by atoms with Crippen LogP contribution in [-0.4, -0.2) is 81.3 Å². The zero-order valence-electron chi connectivity index (χ0n) is 11.9. The van der Waals surface area contributed by atoms with Crippen LogP contribution in [0.25, 0.3) is 0 Å². The average molecular weight is 245 g/mol. The van der Waals surface area contributed by atoms with Gasteiger partial charge in [-0.25, -0.2) is 9.80 Å². The number of likely N-dealkylation sites (N-methyl/N-ethyl adjacent to an activating group) is 3. The summed E-state index contributed by atoms with van der Waals surface area (Å²) in [7, 11) is 6.26. The first kappa shape index (κ1) is 14.9. The van der Waals surface area contributed by atoms with Gasteiger partial charge in [-0.2, -0.15) is 0 Å². The summed E-state index contributed by atoms with van der Waals surface area (Å²) in [6, 6.07) is -0.704. The lowest BCUT2D eigenvalue weighted by Gasteiger charge is -2.48. The van der Waals surface area contributed by atoms with E-state index in [-0.39, 0.29) is 0 Å². The summed E-state index contributed by atoms with van der Waals surface area (Å²) in [5.74, 6) is 0. The Morgan fingerprint density at radius 1 is 0.824 bits per heavy atom. The Morgan fingerprint density at radius 2 is 1.24 bits per heavy atom. The number of rotatable bonds is 4. The van der Waals surface area contributed by atoms with Gasteiger partial charge in [-0.3, -0.25) is 0 Å². The van der Waals surface area contributed by atoms with Gasteiger partial charge in [0.25, 0.3) is 6.03 Å². The van der Waals surface area contributed by atoms with Gasteiger partial charge in [0, 0.05) is 39.4 Å². The summed E-state index contributed by atoms with van der Waals surface area (Å²) in [6.07, 6.45) is 0. The molecule has 0 amide bonds. The van der Waals surface area contributed by atoms with E-state index in [1.165, 1.54) is 0 Å². The first-order valence-corrected chi connectivity index (χ1v) is 6.45. The monoisotopic (exact) mass is 245 g/mol. The Morgan fingerprint density at radius 3 is 1.59 bits per heavy atom. The van der Waals surface area contributed by atoms with Gasteiger partial charge in [-0.15, -0.1) is 0 Å². The first-order valence-electron chi connectivity index (χ1n) is 6.45. The highest BCUT2D eigenvalue weighted by molar-refractivity contribution is 4.75. The van der Waals surface area contributed by atoms with Gasteiger partial charge in [0.2, 0.25) is 0 Å². The van der Waals surface area contributed by atoms with Crippen LogP contribution in [0, 0.1) is 0 Å². The normalized spacial score (nSPS) is 24.5. The van der Waals surface area contributed by atoms with Crippen molar-refractivity contribution in [2.24, 2.45) is 0 Å². The van der Waals surface area contributed by atoms with Crippen LogP contribution >= 0.6 is 0 Å². The van der Waals surface area contributed by atoms with E-state index < -0.39 is 6.03 Å². The molecule has 0 unspecified atom stereocenters. The molecule has 0 atom stereocenters. The van der Waals surface area contributed by atoms with Crippen LogP contribution in [0.15, 0.2) is 0 Å². The number of hydrogen-bond acceptors (Lipinski definition) is 5. The van der Waals surface area contributed by atoms with E-state index in [4.69, 9.17) is 9.47 Å². The Bertz CT molecular complexity index is 204. The Kier molecular flexibility index (Phi) is 5.82. The fourth-order valence-corrected chi connectivity index (χ4v) is 2.19. The highest BCUT2D eigenvalue weighted by Gasteiger charge is 2.41. The van der Waals surface area contributed by atoms with Crippen molar-refractivity contribution in [1.82, 2.24) is 14.7 Å². The van der Waals surface area contributed by atoms with Crippen molar-refractivity contribution in [3.63, 3.8) is 0 Å². The highest BCUT2D eigenvalue weighted by atomic mass is 16.7. The minimum Gasteiger partial charge on any atom is -0.325 e. The Hall–Kier alpha value is -0.200. The largest absolute Gasteiger partial charge is 0.325 e. The van der Waals surface area contributed by atoms with Gasteiger partial charge in [-0.05, 0) is 35.0 Å². The standard InChI is InChI=1S/C12H27N3O2/c1-6-16-12(17-7-2)14(4)10-8-13(3)9-11-15(12)5/h6-11H2,1-5H3. The van der Waals surface area contributed by atoms with Crippen molar-refractivity contribution in [2.75, 3.05) is 60.5 Å². The number of nitrogens with zero attached hydrogens (tertiary/aromatic N) is 3. The third-order valence-electron chi connectivity index (χ3n) is 3.26. The lowest BCUT2D eigenvalue weighted by molar-refractivity contribution is -0.381. The van der Waals surface area contributed by atoms with Crippen molar-refractivity contribution < 1.29 is 9.47 Å².